The highest BCUT2D eigenvalue weighted by molar-refractivity contribution is 6.37. The van der Waals surface area contributed by atoms with E-state index in [-0.39, 0.29) is 5.38 Å². The molecule has 1 rings (SSSR count). The highest BCUT2D eigenvalue weighted by atomic mass is 35.5. The van der Waals surface area contributed by atoms with Crippen molar-refractivity contribution in [2.45, 2.75) is 18.2 Å². The van der Waals surface area contributed by atoms with E-state index in [9.17, 15) is 0 Å². The number of halogens is 2. The highest BCUT2D eigenvalue weighted by Gasteiger charge is 2.08. The van der Waals surface area contributed by atoms with E-state index < -0.39 is 0 Å². The minimum absolute atomic E-state index is 0.0154. The average Bonchev–Trinajstić information content (AvgIpc) is 1.77. The van der Waals surface area contributed by atoms with Gasteiger partial charge in [0.15, 0.2) is 0 Å². The van der Waals surface area contributed by atoms with Crippen LogP contribution in [0.2, 0.25) is 0 Å². The molecule has 0 spiro atoms. The van der Waals surface area contributed by atoms with Crippen LogP contribution >= 0.6 is 23.2 Å². The smallest absolute Gasteiger partial charge is 0.0773 e. The van der Waals surface area contributed by atoms with Crippen LogP contribution in [0.5, 0.6) is 0 Å². The zero-order valence-electron chi connectivity index (χ0n) is 4.32. The molecule has 0 saturated heterocycles. The summed E-state index contributed by atoms with van der Waals surface area (Å²) >= 11 is 11.3. The van der Waals surface area contributed by atoms with Crippen LogP contribution in [0.3, 0.4) is 0 Å². The van der Waals surface area contributed by atoms with Crippen LogP contribution in [-0.4, -0.2) is 5.38 Å². The third-order valence-electron chi connectivity index (χ3n) is 1.08. The minimum Gasteiger partial charge on any atom is -0.116 e. The Labute approximate surface area is 58.8 Å². The van der Waals surface area contributed by atoms with Crippen LogP contribution < -0.4 is 0 Å². The summed E-state index contributed by atoms with van der Waals surface area (Å²) in [7, 11) is 0. The lowest BCUT2D eigenvalue weighted by atomic mass is 10.2. The molecule has 0 aromatic carbocycles. The van der Waals surface area contributed by atoms with E-state index in [4.69, 9.17) is 23.2 Å². The molecule has 0 aromatic rings. The van der Waals surface area contributed by atoms with Crippen LogP contribution in [-0.2, 0) is 0 Å². The molecule has 0 nitrogen and oxygen atoms in total. The van der Waals surface area contributed by atoms with Gasteiger partial charge in [0.05, 0.1) is 10.4 Å². The van der Waals surface area contributed by atoms with Gasteiger partial charge < -0.3 is 0 Å². The van der Waals surface area contributed by atoms with Gasteiger partial charge in [-0.05, 0) is 18.9 Å². The van der Waals surface area contributed by atoms with Gasteiger partial charge in [0.1, 0.15) is 0 Å². The topological polar surface area (TPSA) is 0 Å². The second-order valence-corrected chi connectivity index (χ2v) is 2.68. The fourth-order valence-corrected chi connectivity index (χ4v) is 0.992. The average molecular weight is 149 g/mol. The molecule has 0 aliphatic heterocycles. The largest absolute Gasteiger partial charge is 0.116 e. The van der Waals surface area contributed by atoms with E-state index in [0.29, 0.717) is 5.03 Å². The zero-order chi connectivity index (χ0) is 5.98. The van der Waals surface area contributed by atoms with Crippen LogP contribution in [0.25, 0.3) is 0 Å². The quantitative estimate of drug-likeness (QED) is 0.367. The van der Waals surface area contributed by atoms with Crippen molar-refractivity contribution in [3.05, 3.63) is 16.8 Å². The molecule has 0 fully saturated rings. The maximum Gasteiger partial charge on any atom is 0.0773 e. The Morgan fingerprint density at radius 1 is 1.75 bits per heavy atom. The van der Waals surface area contributed by atoms with Gasteiger partial charge >= 0.3 is 0 Å². The van der Waals surface area contributed by atoms with Crippen molar-refractivity contribution in [1.82, 2.24) is 0 Å². The predicted molar refractivity (Wildman–Crippen MR) is 36.3 cm³/mol. The molecule has 8 heavy (non-hydrogen) atoms. The standard InChI is InChI=1S/C6H6Cl2/c7-5-3-1-2-4-6(5)8/h1,6H,2,4H2. The van der Waals surface area contributed by atoms with Gasteiger partial charge in [0.25, 0.3) is 0 Å². The van der Waals surface area contributed by atoms with E-state index in [1.807, 2.05) is 6.08 Å². The number of alkyl halides is 1. The number of allylic oxidation sites excluding steroid dienone is 1. The number of hydrogen-bond donors (Lipinski definition) is 0. The fraction of sp³-hybridized carbons (Fsp3) is 0.500. The lowest BCUT2D eigenvalue weighted by Crippen LogP contribution is -1.98. The summed E-state index contributed by atoms with van der Waals surface area (Å²) < 4.78 is 0. The van der Waals surface area contributed by atoms with E-state index >= 15 is 0 Å². The van der Waals surface area contributed by atoms with Gasteiger partial charge in [-0.15, -0.1) is 17.3 Å². The Morgan fingerprint density at radius 2 is 2.50 bits per heavy atom. The monoisotopic (exact) mass is 148 g/mol. The molecular weight excluding hydrogens is 143 g/mol. The summed E-state index contributed by atoms with van der Waals surface area (Å²) in [6.45, 7) is 0. The van der Waals surface area contributed by atoms with Gasteiger partial charge in [-0.3, -0.25) is 0 Å². The first-order chi connectivity index (χ1) is 3.80. The molecular formula is C6H6Cl2. The van der Waals surface area contributed by atoms with Crippen molar-refractivity contribution in [3.8, 4) is 0 Å². The van der Waals surface area contributed by atoms with Crippen molar-refractivity contribution < 1.29 is 0 Å². The third-order valence-corrected chi connectivity index (χ3v) is 2.00. The molecule has 0 aromatic heterocycles. The van der Waals surface area contributed by atoms with Crippen LogP contribution in [0.15, 0.2) is 16.8 Å². The van der Waals surface area contributed by atoms with Gasteiger partial charge in [0.2, 0.25) is 0 Å². The van der Waals surface area contributed by atoms with Crippen molar-refractivity contribution in [2.75, 3.05) is 0 Å². The van der Waals surface area contributed by atoms with Gasteiger partial charge in [-0.25, -0.2) is 0 Å². The molecule has 0 bridgehead atoms. The fourth-order valence-electron chi connectivity index (χ4n) is 0.616. The molecule has 0 radical (unpaired) electrons. The molecule has 0 amide bonds. The maximum absolute atomic E-state index is 5.72. The van der Waals surface area contributed by atoms with Gasteiger partial charge in [-0.2, -0.15) is 0 Å². The molecule has 2 heteroatoms. The summed E-state index contributed by atoms with van der Waals surface area (Å²) in [6.07, 6.45) is 3.87. The summed E-state index contributed by atoms with van der Waals surface area (Å²) in [6, 6.07) is 0. The zero-order valence-corrected chi connectivity index (χ0v) is 5.84. The number of hydrogen-bond acceptors (Lipinski definition) is 0. The molecule has 0 heterocycles. The van der Waals surface area contributed by atoms with E-state index in [2.05, 4.69) is 5.73 Å². The van der Waals surface area contributed by atoms with Gasteiger partial charge in [0, 0.05) is 0 Å². The third kappa shape index (κ3) is 1.29. The molecule has 1 atom stereocenters. The van der Waals surface area contributed by atoms with Crippen molar-refractivity contribution in [3.63, 3.8) is 0 Å². The molecule has 1 aliphatic rings. The maximum atomic E-state index is 5.72. The summed E-state index contributed by atoms with van der Waals surface area (Å²) in [5.41, 5.74) is 2.86. The van der Waals surface area contributed by atoms with Crippen molar-refractivity contribution in [2.24, 2.45) is 0 Å². The van der Waals surface area contributed by atoms with E-state index in [1.54, 1.807) is 0 Å². The van der Waals surface area contributed by atoms with Crippen molar-refractivity contribution in [1.29, 1.82) is 0 Å². The number of rotatable bonds is 0. The van der Waals surface area contributed by atoms with Gasteiger partial charge in [-0.1, -0.05) is 11.6 Å². The predicted octanol–water partition coefficient (Wildman–Crippen LogP) is 2.67. The summed E-state index contributed by atoms with van der Waals surface area (Å²) in [4.78, 5) is 0. The second kappa shape index (κ2) is 2.59. The lowest BCUT2D eigenvalue weighted by molar-refractivity contribution is 0.850. The van der Waals surface area contributed by atoms with Crippen LogP contribution in [0.4, 0.5) is 0 Å². The highest BCUT2D eigenvalue weighted by Crippen LogP contribution is 2.21. The Balaban J connectivity index is 2.75. The molecule has 0 N–H and O–H groups in total. The Morgan fingerprint density at radius 3 is 2.88 bits per heavy atom. The van der Waals surface area contributed by atoms with E-state index in [0.717, 1.165) is 12.8 Å². The molecule has 1 aliphatic carbocycles. The lowest BCUT2D eigenvalue weighted by Gasteiger charge is -2.06. The first kappa shape index (κ1) is 6.22. The summed E-state index contributed by atoms with van der Waals surface area (Å²) in [5.74, 6) is 0. The van der Waals surface area contributed by atoms with Crippen molar-refractivity contribution >= 4 is 23.2 Å². The Bertz CT molecular complexity index is 143. The SMILES string of the molecule is ClC1=C=CCCC1Cl. The van der Waals surface area contributed by atoms with Crippen LogP contribution in [0, 0.1) is 0 Å². The Hall–Kier alpha value is 0.1000. The normalized spacial score (nSPS) is 27.8. The van der Waals surface area contributed by atoms with E-state index in [1.165, 1.54) is 0 Å². The Kier molecular flexibility index (Phi) is 2.01. The first-order valence-corrected chi connectivity index (χ1v) is 3.37. The minimum atomic E-state index is 0.0154. The summed E-state index contributed by atoms with van der Waals surface area (Å²) in [5, 5.41) is 0.666. The molecule has 0 saturated carbocycles. The first-order valence-electron chi connectivity index (χ1n) is 2.55. The molecule has 44 valence electrons. The second-order valence-electron chi connectivity index (χ2n) is 1.74. The van der Waals surface area contributed by atoms with Crippen LogP contribution in [0.1, 0.15) is 12.8 Å². The molecule has 1 unspecified atom stereocenters.